The van der Waals surface area contributed by atoms with Crippen LogP contribution in [0.4, 0.5) is 11.9 Å². The van der Waals surface area contributed by atoms with Crippen LogP contribution in [0.15, 0.2) is 0 Å². The van der Waals surface area contributed by atoms with E-state index in [4.69, 9.17) is 4.74 Å². The first kappa shape index (κ1) is 14.8. The molecule has 102 valence electrons. The highest BCUT2D eigenvalue weighted by Crippen LogP contribution is 2.13. The number of rotatable bonds is 8. The van der Waals surface area contributed by atoms with Gasteiger partial charge >= 0.3 is 6.01 Å². The van der Waals surface area contributed by atoms with E-state index < -0.39 is 0 Å². The molecule has 1 aromatic heterocycles. The molecule has 18 heavy (non-hydrogen) atoms. The summed E-state index contributed by atoms with van der Waals surface area (Å²) in [5.74, 6) is 2.08. The van der Waals surface area contributed by atoms with Gasteiger partial charge in [0.25, 0.3) is 0 Å². The number of thioether (sulfide) groups is 1. The van der Waals surface area contributed by atoms with Crippen molar-refractivity contribution in [2.75, 3.05) is 36.3 Å². The van der Waals surface area contributed by atoms with E-state index in [-0.39, 0.29) is 0 Å². The fourth-order valence-corrected chi connectivity index (χ4v) is 2.09. The van der Waals surface area contributed by atoms with E-state index in [9.17, 15) is 0 Å². The van der Waals surface area contributed by atoms with E-state index in [0.29, 0.717) is 30.6 Å². The first-order valence-electron chi connectivity index (χ1n) is 6.05. The van der Waals surface area contributed by atoms with Crippen LogP contribution in [0.5, 0.6) is 6.01 Å². The summed E-state index contributed by atoms with van der Waals surface area (Å²) in [5.41, 5.74) is 0. The van der Waals surface area contributed by atoms with Crippen LogP contribution in [-0.4, -0.2) is 46.7 Å². The van der Waals surface area contributed by atoms with Crippen LogP contribution >= 0.6 is 11.8 Å². The molecule has 0 saturated carbocycles. The fraction of sp³-hybridized carbons (Fsp3) is 0.727. The highest BCUT2D eigenvalue weighted by molar-refractivity contribution is 7.98. The quantitative estimate of drug-likeness (QED) is 0.747. The van der Waals surface area contributed by atoms with E-state index in [1.807, 2.05) is 6.92 Å². The molecule has 1 rings (SSSR count). The summed E-state index contributed by atoms with van der Waals surface area (Å²) in [6.07, 6.45) is 3.10. The maximum Gasteiger partial charge on any atom is 0.323 e. The lowest BCUT2D eigenvalue weighted by atomic mass is 10.3. The topological polar surface area (TPSA) is 72.0 Å². The molecule has 7 heteroatoms. The molecular formula is C11H21N5OS. The predicted molar refractivity (Wildman–Crippen MR) is 76.6 cm³/mol. The van der Waals surface area contributed by atoms with Gasteiger partial charge in [-0.15, -0.1) is 0 Å². The molecule has 1 unspecified atom stereocenters. The van der Waals surface area contributed by atoms with Crippen molar-refractivity contribution in [1.82, 2.24) is 15.0 Å². The van der Waals surface area contributed by atoms with E-state index in [2.05, 4.69) is 38.8 Å². The Morgan fingerprint density at radius 1 is 1.22 bits per heavy atom. The summed E-state index contributed by atoms with van der Waals surface area (Å²) in [6, 6.07) is 0.694. The van der Waals surface area contributed by atoms with E-state index in [1.165, 1.54) is 0 Å². The number of nitrogens with one attached hydrogen (secondary N) is 2. The van der Waals surface area contributed by atoms with Gasteiger partial charge in [0.05, 0.1) is 6.61 Å². The van der Waals surface area contributed by atoms with Gasteiger partial charge in [-0.25, -0.2) is 0 Å². The maximum absolute atomic E-state index is 5.32. The van der Waals surface area contributed by atoms with Crippen LogP contribution in [0.1, 0.15) is 20.3 Å². The Morgan fingerprint density at radius 3 is 2.50 bits per heavy atom. The van der Waals surface area contributed by atoms with Gasteiger partial charge < -0.3 is 15.4 Å². The molecule has 2 N–H and O–H groups in total. The third-order valence-electron chi connectivity index (χ3n) is 2.31. The van der Waals surface area contributed by atoms with E-state index in [1.54, 1.807) is 18.8 Å². The van der Waals surface area contributed by atoms with Gasteiger partial charge in [-0.3, -0.25) is 0 Å². The van der Waals surface area contributed by atoms with Crippen molar-refractivity contribution in [3.63, 3.8) is 0 Å². The summed E-state index contributed by atoms with van der Waals surface area (Å²) >= 11 is 1.80. The van der Waals surface area contributed by atoms with Gasteiger partial charge in [0, 0.05) is 18.8 Å². The van der Waals surface area contributed by atoms with Crippen LogP contribution < -0.4 is 15.4 Å². The molecule has 1 atom stereocenters. The normalized spacial score (nSPS) is 12.0. The van der Waals surface area contributed by atoms with Crippen LogP contribution in [0.2, 0.25) is 0 Å². The first-order valence-corrected chi connectivity index (χ1v) is 7.44. The van der Waals surface area contributed by atoms with Gasteiger partial charge in [-0.2, -0.15) is 26.7 Å². The van der Waals surface area contributed by atoms with Crippen LogP contribution in [-0.2, 0) is 0 Å². The van der Waals surface area contributed by atoms with Gasteiger partial charge in [0.15, 0.2) is 0 Å². The zero-order chi connectivity index (χ0) is 13.4. The largest absolute Gasteiger partial charge is 0.464 e. The molecule has 0 amide bonds. The van der Waals surface area contributed by atoms with Crippen molar-refractivity contribution < 1.29 is 4.74 Å². The SMILES string of the molecule is CCOc1nc(NC)nc(NC(CC)CSC)n1. The maximum atomic E-state index is 5.32. The van der Waals surface area contributed by atoms with Crippen molar-refractivity contribution in [3.8, 4) is 6.01 Å². The summed E-state index contributed by atoms with van der Waals surface area (Å²) in [7, 11) is 1.77. The van der Waals surface area contributed by atoms with Gasteiger partial charge in [0.2, 0.25) is 11.9 Å². The number of hydrogen-bond donors (Lipinski definition) is 2. The second kappa shape index (κ2) is 7.97. The Kier molecular flexibility index (Phi) is 6.56. The molecule has 0 aliphatic heterocycles. The number of anilines is 2. The van der Waals surface area contributed by atoms with Gasteiger partial charge in [-0.05, 0) is 19.6 Å². The zero-order valence-electron chi connectivity index (χ0n) is 11.4. The number of nitrogens with zero attached hydrogens (tertiary/aromatic N) is 3. The number of ether oxygens (including phenoxy) is 1. The Hall–Kier alpha value is -1.24. The summed E-state index contributed by atoms with van der Waals surface area (Å²) in [6.45, 7) is 4.57. The Morgan fingerprint density at radius 2 is 1.94 bits per heavy atom. The second-order valence-corrected chi connectivity index (χ2v) is 4.56. The zero-order valence-corrected chi connectivity index (χ0v) is 12.2. The lowest BCUT2D eigenvalue weighted by Crippen LogP contribution is -2.23. The summed E-state index contributed by atoms with van der Waals surface area (Å²) < 4.78 is 5.32. The average Bonchev–Trinajstić information content (AvgIpc) is 2.38. The van der Waals surface area contributed by atoms with Crippen molar-refractivity contribution in [2.24, 2.45) is 0 Å². The first-order chi connectivity index (χ1) is 8.73. The minimum absolute atomic E-state index is 0.346. The average molecular weight is 271 g/mol. The van der Waals surface area contributed by atoms with Crippen molar-refractivity contribution in [2.45, 2.75) is 26.3 Å². The molecule has 0 aliphatic rings. The number of hydrogen-bond acceptors (Lipinski definition) is 7. The van der Waals surface area contributed by atoms with Gasteiger partial charge in [0.1, 0.15) is 0 Å². The van der Waals surface area contributed by atoms with E-state index in [0.717, 1.165) is 12.2 Å². The highest BCUT2D eigenvalue weighted by atomic mass is 32.2. The Labute approximate surface area is 112 Å². The highest BCUT2D eigenvalue weighted by Gasteiger charge is 2.10. The predicted octanol–water partition coefficient (Wildman–Crippen LogP) is 1.87. The van der Waals surface area contributed by atoms with Crippen LogP contribution in [0.25, 0.3) is 0 Å². The lowest BCUT2D eigenvalue weighted by molar-refractivity contribution is 0.312. The third-order valence-corrected chi connectivity index (χ3v) is 3.04. The van der Waals surface area contributed by atoms with Crippen molar-refractivity contribution in [3.05, 3.63) is 0 Å². The minimum Gasteiger partial charge on any atom is -0.464 e. The van der Waals surface area contributed by atoms with Crippen molar-refractivity contribution in [1.29, 1.82) is 0 Å². The molecule has 1 aromatic rings. The molecule has 0 aliphatic carbocycles. The van der Waals surface area contributed by atoms with Gasteiger partial charge in [-0.1, -0.05) is 6.92 Å². The molecule has 1 heterocycles. The molecule has 0 fully saturated rings. The fourth-order valence-electron chi connectivity index (χ4n) is 1.37. The molecule has 0 bridgehead atoms. The van der Waals surface area contributed by atoms with Crippen LogP contribution in [0.3, 0.4) is 0 Å². The lowest BCUT2D eigenvalue weighted by Gasteiger charge is -2.16. The Bertz CT molecular complexity index is 363. The molecule has 6 nitrogen and oxygen atoms in total. The third kappa shape index (κ3) is 4.56. The van der Waals surface area contributed by atoms with Crippen LogP contribution in [0, 0.1) is 0 Å². The molecule has 0 radical (unpaired) electrons. The molecule has 0 spiro atoms. The smallest absolute Gasteiger partial charge is 0.323 e. The Balaban J connectivity index is 2.82. The molecule has 0 saturated heterocycles. The summed E-state index contributed by atoms with van der Waals surface area (Å²) in [5, 5.41) is 6.20. The number of aromatic nitrogens is 3. The van der Waals surface area contributed by atoms with E-state index >= 15 is 0 Å². The molecular weight excluding hydrogens is 250 g/mol. The molecule has 0 aromatic carbocycles. The minimum atomic E-state index is 0.346. The monoisotopic (exact) mass is 271 g/mol. The second-order valence-electron chi connectivity index (χ2n) is 3.65. The summed E-state index contributed by atoms with van der Waals surface area (Å²) in [4.78, 5) is 12.6. The standard InChI is InChI=1S/C11H21N5OS/c1-5-8(7-18-4)13-10-14-9(12-3)15-11(16-10)17-6-2/h8H,5-7H2,1-4H3,(H2,12,13,14,15,16). The van der Waals surface area contributed by atoms with Crippen molar-refractivity contribution >= 4 is 23.7 Å².